The minimum atomic E-state index is -2.05. The van der Waals surface area contributed by atoms with E-state index in [2.05, 4.69) is 5.32 Å². The van der Waals surface area contributed by atoms with E-state index in [9.17, 15) is 66.1 Å². The summed E-state index contributed by atoms with van der Waals surface area (Å²) in [5, 5.41) is 134. The van der Waals surface area contributed by atoms with Crippen molar-refractivity contribution in [1.82, 2.24) is 5.32 Å². The highest BCUT2D eigenvalue weighted by atomic mass is 16.7. The van der Waals surface area contributed by atoms with Crippen LogP contribution in [-0.2, 0) is 23.7 Å². The Kier molecular flexibility index (Phi) is 13.5. The Morgan fingerprint density at radius 1 is 0.864 bits per heavy atom. The van der Waals surface area contributed by atoms with Crippen molar-refractivity contribution in [1.29, 1.82) is 0 Å². The molecule has 1 aliphatic carbocycles. The van der Waals surface area contributed by atoms with Gasteiger partial charge >= 0.3 is 0 Å². The molecule has 19 heteroatoms. The second kappa shape index (κ2) is 16.0. The molecular formula is C25H43NO18. The molecule has 0 spiro atoms. The molecular weight excluding hydrogens is 602 g/mol. The molecule has 0 amide bonds. The van der Waals surface area contributed by atoms with Crippen molar-refractivity contribution in [2.24, 2.45) is 0 Å². The fourth-order valence-corrected chi connectivity index (χ4v) is 5.29. The third-order valence-electron chi connectivity index (χ3n) is 7.94. The van der Waals surface area contributed by atoms with Crippen molar-refractivity contribution >= 4 is 5.78 Å². The Morgan fingerprint density at radius 2 is 1.50 bits per heavy atom. The van der Waals surface area contributed by atoms with Gasteiger partial charge < -0.3 is 90.6 Å². The van der Waals surface area contributed by atoms with E-state index in [1.54, 1.807) is 0 Å². The Morgan fingerprint density at radius 3 is 2.07 bits per heavy atom. The van der Waals surface area contributed by atoms with Crippen LogP contribution in [0.1, 0.15) is 6.92 Å². The van der Waals surface area contributed by atoms with Crippen LogP contribution in [0.5, 0.6) is 0 Å². The lowest BCUT2D eigenvalue weighted by atomic mass is 9.86. The van der Waals surface area contributed by atoms with Crippen LogP contribution in [0.4, 0.5) is 0 Å². The van der Waals surface area contributed by atoms with Crippen molar-refractivity contribution in [3.8, 4) is 0 Å². The first kappa shape index (κ1) is 37.2. The van der Waals surface area contributed by atoms with Crippen molar-refractivity contribution < 1.29 is 90.1 Å². The number of ether oxygens (including phenoxy) is 4. The number of Topliss-reactive ketones (excluding diaryl/α,β-unsaturated/α-hetero) is 1. The topological polar surface area (TPSA) is 329 Å². The lowest BCUT2D eigenvalue weighted by molar-refractivity contribution is -0.356. The zero-order valence-electron chi connectivity index (χ0n) is 23.6. The van der Waals surface area contributed by atoms with Crippen LogP contribution in [0.3, 0.4) is 0 Å². The van der Waals surface area contributed by atoms with E-state index in [1.165, 1.54) is 13.0 Å². The van der Waals surface area contributed by atoms with E-state index in [4.69, 9.17) is 24.1 Å². The normalized spacial score (nSPS) is 43.6. The predicted molar refractivity (Wildman–Crippen MR) is 139 cm³/mol. The van der Waals surface area contributed by atoms with E-state index in [-0.39, 0.29) is 5.57 Å². The Labute approximate surface area is 250 Å². The number of rotatable bonds is 13. The number of hydrogen-bond acceptors (Lipinski definition) is 19. The number of aliphatic hydroxyl groups excluding tert-OH is 13. The lowest BCUT2D eigenvalue weighted by Crippen LogP contribution is -2.68. The third kappa shape index (κ3) is 7.79. The van der Waals surface area contributed by atoms with Gasteiger partial charge in [0.1, 0.15) is 73.2 Å². The van der Waals surface area contributed by atoms with Crippen LogP contribution in [0.25, 0.3) is 0 Å². The van der Waals surface area contributed by atoms with Gasteiger partial charge in [0.2, 0.25) is 0 Å². The molecule has 3 rings (SSSR count). The molecule has 3 aliphatic rings. The fraction of sp³-hybridized carbons (Fsp3) is 0.880. The Balaban J connectivity index is 1.71. The molecule has 0 aromatic heterocycles. The van der Waals surface area contributed by atoms with Crippen LogP contribution in [0.15, 0.2) is 11.6 Å². The van der Waals surface area contributed by atoms with E-state index >= 15 is 0 Å². The molecule has 44 heavy (non-hydrogen) atoms. The Hall–Kier alpha value is -1.31. The first-order chi connectivity index (χ1) is 20.7. The molecule has 2 saturated heterocycles. The summed E-state index contributed by atoms with van der Waals surface area (Å²) in [7, 11) is 0. The van der Waals surface area contributed by atoms with Gasteiger partial charge in [-0.05, 0) is 12.5 Å². The minimum Gasteiger partial charge on any atom is -0.394 e. The smallest absolute Gasteiger partial charge is 0.195 e. The number of aliphatic hydroxyl groups is 13. The van der Waals surface area contributed by atoms with Crippen molar-refractivity contribution in [3.05, 3.63) is 11.6 Å². The molecule has 0 aromatic carbocycles. The van der Waals surface area contributed by atoms with Crippen LogP contribution >= 0.6 is 0 Å². The summed E-state index contributed by atoms with van der Waals surface area (Å²) >= 11 is 0. The molecule has 0 radical (unpaired) electrons. The number of carbonyl (C=O) groups is 1. The summed E-state index contributed by atoms with van der Waals surface area (Å²) in [6.07, 6.45) is -24.9. The van der Waals surface area contributed by atoms with Crippen molar-refractivity contribution in [2.75, 3.05) is 26.4 Å². The average Bonchev–Trinajstić information content (AvgIpc) is 3.02. The molecule has 0 bridgehead atoms. The Bertz CT molecular complexity index is 956. The summed E-state index contributed by atoms with van der Waals surface area (Å²) in [6, 6.07) is -2.21. The maximum absolute atomic E-state index is 12.3. The second-order valence-corrected chi connectivity index (χ2v) is 10.9. The zero-order valence-corrected chi connectivity index (χ0v) is 23.6. The molecule has 2 heterocycles. The van der Waals surface area contributed by atoms with Gasteiger partial charge in [0.05, 0.1) is 44.6 Å². The van der Waals surface area contributed by atoms with Crippen molar-refractivity contribution in [3.63, 3.8) is 0 Å². The van der Waals surface area contributed by atoms with Gasteiger partial charge in [0, 0.05) is 0 Å². The number of carbonyl (C=O) groups excluding carboxylic acids is 1. The highest BCUT2D eigenvalue weighted by Crippen LogP contribution is 2.31. The number of ketones is 1. The molecule has 17 atom stereocenters. The van der Waals surface area contributed by atoms with Gasteiger partial charge in [-0.25, -0.2) is 0 Å². The minimum absolute atomic E-state index is 0.00855. The van der Waals surface area contributed by atoms with Crippen molar-refractivity contribution in [2.45, 2.75) is 111 Å². The first-order valence-electron chi connectivity index (χ1n) is 13.9. The standard InChI is InChI=1S/C25H43NO18/c1-7-13(26-9-2-8(3-27)14(33)18(37)15(9)34)17(36)20(39)24(41-7)44-23-12(6-30)42-25(21(40)19(23)38)43-22(11(32)5-29)16(35)10(31)4-28/h2,7,9-15,17-34,36-40H,3-6H2,1H3/t7-,9?,10?,11-,12?,13?,14-,15+,17+,18?,19?,20?,21-,22?,23-,24?,25-/m1/s1. The zero-order chi connectivity index (χ0) is 33.0. The highest BCUT2D eigenvalue weighted by Gasteiger charge is 2.52. The van der Waals surface area contributed by atoms with Crippen LogP contribution in [0.2, 0.25) is 0 Å². The van der Waals surface area contributed by atoms with E-state index < -0.39 is 136 Å². The van der Waals surface area contributed by atoms with Gasteiger partial charge in [-0.2, -0.15) is 0 Å². The maximum Gasteiger partial charge on any atom is 0.195 e. The van der Waals surface area contributed by atoms with E-state index in [0.717, 1.165) is 0 Å². The van der Waals surface area contributed by atoms with Gasteiger partial charge in [0.25, 0.3) is 0 Å². The lowest BCUT2D eigenvalue weighted by Gasteiger charge is -2.48. The molecule has 2 fully saturated rings. The number of hydrogen-bond donors (Lipinski definition) is 14. The third-order valence-corrected chi connectivity index (χ3v) is 7.94. The van der Waals surface area contributed by atoms with Crippen LogP contribution in [-0.4, -0.2) is 203 Å². The van der Waals surface area contributed by atoms with Gasteiger partial charge in [-0.15, -0.1) is 0 Å². The SMILES string of the molecule is C[C@H]1OC(O[C@@H]2C(CO)O[C@H](OC(C(=O)C(O)CO)[C@H](O)CO)[C@H](O)C2O)C(O)[C@@H](O)C1NC1C=C(CO)[C@@H](O)C(O)[C@H]1O. The van der Waals surface area contributed by atoms with Crippen LogP contribution in [0, 0.1) is 0 Å². The van der Waals surface area contributed by atoms with E-state index in [0.29, 0.717) is 0 Å². The predicted octanol–water partition coefficient (Wildman–Crippen LogP) is -8.72. The monoisotopic (exact) mass is 645 g/mol. The van der Waals surface area contributed by atoms with E-state index in [1.807, 2.05) is 0 Å². The summed E-state index contributed by atoms with van der Waals surface area (Å²) in [6.45, 7) is -2.17. The largest absolute Gasteiger partial charge is 0.394 e. The molecule has 19 nitrogen and oxygen atoms in total. The summed E-state index contributed by atoms with van der Waals surface area (Å²) in [5.74, 6) is -1.28. The summed E-state index contributed by atoms with van der Waals surface area (Å²) in [5.41, 5.74) is 0.00855. The second-order valence-electron chi connectivity index (χ2n) is 10.9. The van der Waals surface area contributed by atoms with Gasteiger partial charge in [0.15, 0.2) is 18.4 Å². The van der Waals surface area contributed by atoms with Crippen LogP contribution < -0.4 is 5.32 Å². The summed E-state index contributed by atoms with van der Waals surface area (Å²) < 4.78 is 21.9. The fourth-order valence-electron chi connectivity index (χ4n) is 5.29. The summed E-state index contributed by atoms with van der Waals surface area (Å²) in [4.78, 5) is 12.3. The molecule has 2 aliphatic heterocycles. The molecule has 0 aromatic rings. The molecule has 14 N–H and O–H groups in total. The quantitative estimate of drug-likeness (QED) is 0.0826. The molecule has 9 unspecified atom stereocenters. The number of nitrogens with one attached hydrogen (secondary N) is 1. The first-order valence-corrected chi connectivity index (χ1v) is 13.9. The average molecular weight is 646 g/mol. The molecule has 0 saturated carbocycles. The maximum atomic E-state index is 12.3. The van der Waals surface area contributed by atoms with Gasteiger partial charge in [-0.1, -0.05) is 6.08 Å². The highest BCUT2D eigenvalue weighted by molar-refractivity contribution is 5.87. The van der Waals surface area contributed by atoms with Gasteiger partial charge in [-0.3, -0.25) is 4.79 Å². The molecule has 256 valence electrons.